The van der Waals surface area contributed by atoms with E-state index in [1.165, 1.54) is 11.1 Å². The Morgan fingerprint density at radius 1 is 1.12 bits per heavy atom. The first-order chi connectivity index (χ1) is 15.5. The third-order valence-electron chi connectivity index (χ3n) is 6.49. The third-order valence-corrected chi connectivity index (χ3v) is 7.37. The van der Waals surface area contributed by atoms with Crippen molar-refractivity contribution in [2.45, 2.75) is 70.6 Å². The van der Waals surface area contributed by atoms with Gasteiger partial charge in [-0.2, -0.15) is 0 Å². The summed E-state index contributed by atoms with van der Waals surface area (Å²) in [4.78, 5) is 11.3. The number of aliphatic carboxylic acids is 1. The minimum Gasteiger partial charge on any atom is -0.486 e. The first-order valence-electron chi connectivity index (χ1n) is 11.4. The second-order valence-corrected chi connectivity index (χ2v) is 10.5. The number of hydrogen-bond donors (Lipinski definition) is 3. The monoisotopic (exact) mass is 529 g/mol. The molecule has 0 radical (unpaired) electrons. The Morgan fingerprint density at radius 2 is 1.71 bits per heavy atom. The Bertz CT molecular complexity index is 973. The van der Waals surface area contributed by atoms with Crippen LogP contribution in [0, 0.1) is 5.92 Å². The molecule has 0 spiro atoms. The lowest BCUT2D eigenvalue weighted by Crippen LogP contribution is -2.48. The van der Waals surface area contributed by atoms with E-state index in [0.29, 0.717) is 23.8 Å². The van der Waals surface area contributed by atoms with Crippen molar-refractivity contribution in [3.8, 4) is 5.75 Å². The molecule has 3 rings (SSSR count). The average molecular weight is 531 g/mol. The van der Waals surface area contributed by atoms with E-state index in [1.54, 1.807) is 26.0 Å². The highest BCUT2D eigenvalue weighted by molar-refractivity contribution is 6.43. The van der Waals surface area contributed by atoms with E-state index >= 15 is 0 Å². The number of benzene rings is 2. The van der Waals surface area contributed by atoms with E-state index in [2.05, 4.69) is 43.4 Å². The van der Waals surface area contributed by atoms with Gasteiger partial charge in [0, 0.05) is 12.1 Å². The summed E-state index contributed by atoms with van der Waals surface area (Å²) in [5.41, 5.74) is 3.18. The van der Waals surface area contributed by atoms with Crippen LogP contribution in [0.3, 0.4) is 0 Å². The van der Waals surface area contributed by atoms with Crippen LogP contribution in [0.15, 0.2) is 36.4 Å². The van der Waals surface area contributed by atoms with Gasteiger partial charge in [-0.15, -0.1) is 12.4 Å². The minimum atomic E-state index is -0.986. The summed E-state index contributed by atoms with van der Waals surface area (Å²) in [7, 11) is 0. The zero-order valence-corrected chi connectivity index (χ0v) is 22.3. The van der Waals surface area contributed by atoms with Crippen molar-refractivity contribution in [2.75, 3.05) is 6.54 Å². The number of carboxylic acid groups (broad SMARTS) is 1. The maximum atomic E-state index is 11.3. The van der Waals surface area contributed by atoms with Gasteiger partial charge in [0.15, 0.2) is 0 Å². The lowest BCUT2D eigenvalue weighted by atomic mass is 9.88. The predicted molar refractivity (Wildman–Crippen MR) is 140 cm³/mol. The van der Waals surface area contributed by atoms with E-state index in [-0.39, 0.29) is 28.0 Å². The fourth-order valence-corrected chi connectivity index (χ4v) is 5.06. The number of ether oxygens (including phenoxy) is 1. The molecule has 0 fully saturated rings. The number of rotatable bonds is 10. The summed E-state index contributed by atoms with van der Waals surface area (Å²) < 4.78 is 5.87. The van der Waals surface area contributed by atoms with Gasteiger partial charge in [0.1, 0.15) is 23.0 Å². The summed E-state index contributed by atoms with van der Waals surface area (Å²) in [5, 5.41) is 23.7. The van der Waals surface area contributed by atoms with Gasteiger partial charge >= 0.3 is 5.97 Å². The number of β-amino-alcohol motifs (C(OH)–C–C–N with tert-alkyl or cyclic N) is 1. The lowest BCUT2D eigenvalue weighted by molar-refractivity contribution is -0.138. The largest absolute Gasteiger partial charge is 0.486 e. The molecule has 1 aliphatic carbocycles. The summed E-state index contributed by atoms with van der Waals surface area (Å²) in [6.45, 7) is 8.00. The van der Waals surface area contributed by atoms with Gasteiger partial charge in [0.05, 0.1) is 10.9 Å². The molecule has 34 heavy (non-hydrogen) atoms. The van der Waals surface area contributed by atoms with E-state index < -0.39 is 24.1 Å². The third kappa shape index (κ3) is 7.02. The molecule has 0 saturated heterocycles. The molecule has 0 aliphatic heterocycles. The minimum absolute atomic E-state index is 0. The lowest BCUT2D eigenvalue weighted by Gasteiger charge is -2.32. The fraction of sp³-hybridized carbons (Fsp3) is 0.500. The Morgan fingerprint density at radius 3 is 2.26 bits per heavy atom. The molecular weight excluding hydrogens is 497 g/mol. The molecule has 5 nitrogen and oxygen atoms in total. The molecule has 0 bridgehead atoms. The summed E-state index contributed by atoms with van der Waals surface area (Å²) >= 11 is 12.6. The fourth-order valence-electron chi connectivity index (χ4n) is 4.52. The number of hydrogen-bond acceptors (Lipinski definition) is 4. The van der Waals surface area contributed by atoms with Crippen molar-refractivity contribution in [3.05, 3.63) is 63.1 Å². The van der Waals surface area contributed by atoms with Gasteiger partial charge in [-0.3, -0.25) is 4.79 Å². The van der Waals surface area contributed by atoms with Gasteiger partial charge in [-0.25, -0.2) is 0 Å². The molecule has 3 N–H and O–H groups in total. The zero-order chi connectivity index (χ0) is 24.3. The predicted octanol–water partition coefficient (Wildman–Crippen LogP) is 5.90. The van der Waals surface area contributed by atoms with E-state index in [1.807, 2.05) is 0 Å². The molecule has 3 atom stereocenters. The molecule has 0 aromatic heterocycles. The normalized spacial score (nSPS) is 16.3. The molecule has 8 heteroatoms. The molecule has 0 saturated carbocycles. The highest BCUT2D eigenvalue weighted by Gasteiger charge is 2.29. The van der Waals surface area contributed by atoms with E-state index in [4.69, 9.17) is 27.9 Å². The second kappa shape index (κ2) is 12.0. The number of carbonyl (C=O) groups is 1. The summed E-state index contributed by atoms with van der Waals surface area (Å²) in [5.74, 6) is -0.868. The van der Waals surface area contributed by atoms with Crippen molar-refractivity contribution < 1.29 is 19.7 Å². The Kier molecular flexibility index (Phi) is 10.1. The number of halogens is 3. The van der Waals surface area contributed by atoms with Crippen molar-refractivity contribution in [1.29, 1.82) is 0 Å². The van der Waals surface area contributed by atoms with Crippen LogP contribution in [0.4, 0.5) is 0 Å². The van der Waals surface area contributed by atoms with Crippen LogP contribution in [0.2, 0.25) is 10.0 Å². The molecule has 0 amide bonds. The van der Waals surface area contributed by atoms with Gasteiger partial charge in [-0.1, -0.05) is 53.5 Å². The Balaban J connectivity index is 0.00000408. The van der Waals surface area contributed by atoms with Crippen LogP contribution < -0.4 is 10.1 Å². The number of carboxylic acids is 1. The number of nitrogens with one attached hydrogen (secondary N) is 1. The standard InChI is InChI=1S/C26H33Cl2NO4.ClH/c1-15(25(31)32)20-9-10-22(24(28)23(20)27)33-16(2)21(30)14-29-26(3,4)13-17-11-18-7-5-6-8-19(18)12-17;/h5-10,15-17,21,29-30H,11-14H2,1-4H3,(H,31,32);1H/t15?,16-,21+;/m1./s1. The van der Waals surface area contributed by atoms with Gasteiger partial charge in [0.2, 0.25) is 0 Å². The van der Waals surface area contributed by atoms with E-state index in [0.717, 1.165) is 19.3 Å². The van der Waals surface area contributed by atoms with Crippen LogP contribution in [-0.2, 0) is 17.6 Å². The molecular formula is C26H34Cl3NO4. The van der Waals surface area contributed by atoms with Gasteiger partial charge in [0.25, 0.3) is 0 Å². The van der Waals surface area contributed by atoms with Crippen molar-refractivity contribution in [1.82, 2.24) is 5.32 Å². The maximum Gasteiger partial charge on any atom is 0.310 e. The molecule has 1 aliphatic rings. The van der Waals surface area contributed by atoms with Crippen LogP contribution in [0.1, 0.15) is 56.7 Å². The maximum absolute atomic E-state index is 11.3. The molecule has 2 aromatic carbocycles. The molecule has 2 aromatic rings. The highest BCUT2D eigenvalue weighted by Crippen LogP contribution is 2.38. The molecule has 188 valence electrons. The van der Waals surface area contributed by atoms with E-state index in [9.17, 15) is 15.0 Å². The van der Waals surface area contributed by atoms with Crippen LogP contribution in [0.25, 0.3) is 0 Å². The second-order valence-electron chi connectivity index (χ2n) is 9.74. The van der Waals surface area contributed by atoms with Crippen molar-refractivity contribution >= 4 is 41.6 Å². The zero-order valence-electron chi connectivity index (χ0n) is 20.0. The van der Waals surface area contributed by atoms with Gasteiger partial charge in [-0.05, 0) is 75.6 Å². The number of aliphatic hydroxyl groups is 1. The van der Waals surface area contributed by atoms with Crippen molar-refractivity contribution in [2.24, 2.45) is 5.92 Å². The highest BCUT2D eigenvalue weighted by atomic mass is 35.5. The average Bonchev–Trinajstić information content (AvgIpc) is 3.16. The summed E-state index contributed by atoms with van der Waals surface area (Å²) in [6, 6.07) is 11.8. The van der Waals surface area contributed by atoms with Crippen LogP contribution >= 0.6 is 35.6 Å². The quantitative estimate of drug-likeness (QED) is 0.356. The SMILES string of the molecule is CC(C(=O)O)c1ccc(O[C@H](C)[C@@H](O)CNC(C)(C)CC2Cc3ccccc3C2)c(Cl)c1Cl.Cl. The Hall–Kier alpha value is -1.50. The first-order valence-corrected chi connectivity index (χ1v) is 12.1. The first kappa shape index (κ1) is 28.7. The number of fused-ring (bicyclic) bond motifs is 1. The molecule has 1 unspecified atom stereocenters. The molecule has 0 heterocycles. The topological polar surface area (TPSA) is 78.8 Å². The van der Waals surface area contributed by atoms with Crippen molar-refractivity contribution in [3.63, 3.8) is 0 Å². The summed E-state index contributed by atoms with van der Waals surface area (Å²) in [6.07, 6.45) is 1.89. The Labute approximate surface area is 218 Å². The van der Waals surface area contributed by atoms with Crippen LogP contribution in [0.5, 0.6) is 5.75 Å². The van der Waals surface area contributed by atoms with Crippen LogP contribution in [-0.4, -0.2) is 40.5 Å². The van der Waals surface area contributed by atoms with Gasteiger partial charge < -0.3 is 20.3 Å². The smallest absolute Gasteiger partial charge is 0.310 e. The number of aliphatic hydroxyl groups excluding tert-OH is 1.